The molecule has 0 saturated carbocycles. The van der Waals surface area contributed by atoms with E-state index in [0.29, 0.717) is 11.3 Å². The number of aromatic nitrogens is 2. The number of amides is 1. The number of anilines is 2. The molecule has 4 rings (SSSR count). The van der Waals surface area contributed by atoms with Gasteiger partial charge in [0.1, 0.15) is 11.5 Å². The van der Waals surface area contributed by atoms with Crippen LogP contribution in [-0.2, 0) is 11.2 Å². The highest BCUT2D eigenvalue weighted by Crippen LogP contribution is 2.22. The van der Waals surface area contributed by atoms with Crippen molar-refractivity contribution in [2.75, 3.05) is 23.3 Å². The van der Waals surface area contributed by atoms with Gasteiger partial charge in [0, 0.05) is 36.9 Å². The Kier molecular flexibility index (Phi) is 4.56. The van der Waals surface area contributed by atoms with Crippen LogP contribution in [0, 0.1) is 5.82 Å². The maximum absolute atomic E-state index is 13.2. The minimum Gasteiger partial charge on any atom is -0.372 e. The van der Waals surface area contributed by atoms with Gasteiger partial charge in [-0.05, 0) is 55.7 Å². The summed E-state index contributed by atoms with van der Waals surface area (Å²) in [6.45, 7) is 2.19. The summed E-state index contributed by atoms with van der Waals surface area (Å²) in [5, 5.41) is 2.90. The predicted octanol–water partition coefficient (Wildman–Crippen LogP) is 3.64. The fraction of sp³-hybridized carbons (Fsp3) is 0.300. The van der Waals surface area contributed by atoms with Crippen LogP contribution in [0.3, 0.4) is 0 Å². The lowest BCUT2D eigenvalue weighted by molar-refractivity contribution is -0.115. The largest absolute Gasteiger partial charge is 0.372 e. The molecule has 1 aliphatic rings. The van der Waals surface area contributed by atoms with Crippen molar-refractivity contribution >= 4 is 22.9 Å². The van der Waals surface area contributed by atoms with Crippen molar-refractivity contribution in [3.05, 3.63) is 60.3 Å². The second-order valence-electron chi connectivity index (χ2n) is 6.66. The van der Waals surface area contributed by atoms with E-state index < -0.39 is 0 Å². The molecule has 0 unspecified atom stereocenters. The fourth-order valence-corrected chi connectivity index (χ4v) is 3.38. The maximum Gasteiger partial charge on any atom is 0.230 e. The molecular formula is C20H21FN4O. The first kappa shape index (κ1) is 16.6. The van der Waals surface area contributed by atoms with Crippen LogP contribution in [0.25, 0.3) is 5.65 Å². The zero-order valence-corrected chi connectivity index (χ0v) is 14.5. The Hall–Kier alpha value is -2.89. The Morgan fingerprint density at radius 3 is 2.58 bits per heavy atom. The van der Waals surface area contributed by atoms with Crippen LogP contribution in [-0.4, -0.2) is 28.4 Å². The van der Waals surface area contributed by atoms with Crippen LogP contribution in [0.4, 0.5) is 15.8 Å². The van der Waals surface area contributed by atoms with Gasteiger partial charge in [0.05, 0.1) is 12.1 Å². The molecule has 0 radical (unpaired) electrons. The average Bonchev–Trinajstić information content (AvgIpc) is 3.04. The van der Waals surface area contributed by atoms with Crippen LogP contribution >= 0.6 is 0 Å². The van der Waals surface area contributed by atoms with E-state index in [-0.39, 0.29) is 18.1 Å². The highest BCUT2D eigenvalue weighted by Gasteiger charge is 2.12. The van der Waals surface area contributed by atoms with Crippen LogP contribution in [0.15, 0.2) is 48.8 Å². The average molecular weight is 352 g/mol. The summed E-state index contributed by atoms with van der Waals surface area (Å²) < 4.78 is 14.8. The Morgan fingerprint density at radius 2 is 1.81 bits per heavy atom. The molecular weight excluding hydrogens is 331 g/mol. The molecule has 1 aliphatic heterocycles. The molecule has 1 fully saturated rings. The third-order valence-corrected chi connectivity index (χ3v) is 4.68. The number of nitrogens with one attached hydrogen (secondary N) is 1. The second kappa shape index (κ2) is 7.15. The molecule has 26 heavy (non-hydrogen) atoms. The topological polar surface area (TPSA) is 49.6 Å². The molecule has 0 bridgehead atoms. The smallest absolute Gasteiger partial charge is 0.230 e. The number of halogens is 1. The van der Waals surface area contributed by atoms with E-state index in [9.17, 15) is 9.18 Å². The first-order valence-corrected chi connectivity index (χ1v) is 8.95. The zero-order valence-electron chi connectivity index (χ0n) is 14.5. The summed E-state index contributed by atoms with van der Waals surface area (Å²) in [7, 11) is 0. The van der Waals surface area contributed by atoms with Gasteiger partial charge in [-0.2, -0.15) is 0 Å². The predicted molar refractivity (Wildman–Crippen MR) is 100.0 cm³/mol. The normalized spacial score (nSPS) is 14.6. The highest BCUT2D eigenvalue weighted by atomic mass is 19.1. The number of imidazole rings is 1. The number of hydrogen-bond acceptors (Lipinski definition) is 3. The molecule has 0 aliphatic carbocycles. The summed E-state index contributed by atoms with van der Waals surface area (Å²) in [4.78, 5) is 19.0. The van der Waals surface area contributed by atoms with Gasteiger partial charge in [-0.15, -0.1) is 0 Å². The Bertz CT molecular complexity index is 913. The Labute approximate surface area is 151 Å². The molecule has 1 saturated heterocycles. The van der Waals surface area contributed by atoms with E-state index in [1.54, 1.807) is 16.7 Å². The number of rotatable bonds is 4. The summed E-state index contributed by atoms with van der Waals surface area (Å²) in [6, 6.07) is 10.9. The van der Waals surface area contributed by atoms with Crippen LogP contribution < -0.4 is 10.2 Å². The number of pyridine rings is 1. The lowest BCUT2D eigenvalue weighted by Crippen LogP contribution is -2.29. The van der Waals surface area contributed by atoms with Crippen molar-refractivity contribution in [3.63, 3.8) is 0 Å². The quantitative estimate of drug-likeness (QED) is 0.780. The molecule has 1 N–H and O–H groups in total. The molecule has 5 nitrogen and oxygen atoms in total. The van der Waals surface area contributed by atoms with Crippen LogP contribution in [0.2, 0.25) is 0 Å². The van der Waals surface area contributed by atoms with Gasteiger partial charge in [-0.1, -0.05) is 0 Å². The van der Waals surface area contributed by atoms with Gasteiger partial charge in [-0.3, -0.25) is 4.79 Å². The third kappa shape index (κ3) is 3.69. The van der Waals surface area contributed by atoms with Crippen molar-refractivity contribution in [1.82, 2.24) is 9.38 Å². The molecule has 3 aromatic rings. The number of carbonyl (C=O) groups is 1. The number of carbonyl (C=O) groups excluding carboxylic acids is 1. The monoisotopic (exact) mass is 352 g/mol. The van der Waals surface area contributed by atoms with Crippen molar-refractivity contribution < 1.29 is 9.18 Å². The van der Waals surface area contributed by atoms with Crippen molar-refractivity contribution in [2.24, 2.45) is 0 Å². The van der Waals surface area contributed by atoms with Gasteiger partial charge >= 0.3 is 0 Å². The van der Waals surface area contributed by atoms with Gasteiger partial charge in [-0.25, -0.2) is 9.37 Å². The summed E-state index contributed by atoms with van der Waals surface area (Å²) >= 11 is 0. The fourth-order valence-electron chi connectivity index (χ4n) is 3.38. The molecule has 1 amide bonds. The van der Waals surface area contributed by atoms with Crippen molar-refractivity contribution in [1.29, 1.82) is 0 Å². The third-order valence-electron chi connectivity index (χ3n) is 4.68. The Balaban J connectivity index is 1.39. The number of benzene rings is 1. The molecule has 6 heteroatoms. The molecule has 1 aromatic carbocycles. The molecule has 134 valence electrons. The number of nitrogens with zero attached hydrogens (tertiary/aromatic N) is 3. The summed E-state index contributed by atoms with van der Waals surface area (Å²) in [6.07, 6.45) is 6.96. The van der Waals surface area contributed by atoms with Gasteiger partial charge < -0.3 is 14.6 Å². The number of fused-ring (bicyclic) bond motifs is 1. The SMILES string of the molecule is O=C(Cc1cn2cc(F)ccc2n1)Nc1ccc(N2CCCCC2)cc1. The molecule has 0 atom stereocenters. The lowest BCUT2D eigenvalue weighted by Gasteiger charge is -2.28. The van der Waals surface area contributed by atoms with Gasteiger partial charge in [0.25, 0.3) is 0 Å². The standard InChI is InChI=1S/C20H21FN4O/c21-15-4-9-19-22-17(14-25(19)13-15)12-20(26)23-16-5-7-18(8-6-16)24-10-2-1-3-11-24/h4-9,13-14H,1-3,10-12H2,(H,23,26). The summed E-state index contributed by atoms with van der Waals surface area (Å²) in [5.41, 5.74) is 3.20. The molecule has 0 spiro atoms. The lowest BCUT2D eigenvalue weighted by atomic mass is 10.1. The van der Waals surface area contributed by atoms with Gasteiger partial charge in [0.15, 0.2) is 0 Å². The van der Waals surface area contributed by atoms with Crippen molar-refractivity contribution in [3.8, 4) is 0 Å². The van der Waals surface area contributed by atoms with Crippen LogP contribution in [0.5, 0.6) is 0 Å². The Morgan fingerprint density at radius 1 is 1.04 bits per heavy atom. The second-order valence-corrected chi connectivity index (χ2v) is 6.66. The first-order chi connectivity index (χ1) is 12.7. The minimum atomic E-state index is -0.334. The highest BCUT2D eigenvalue weighted by molar-refractivity contribution is 5.92. The summed E-state index contributed by atoms with van der Waals surface area (Å²) in [5.74, 6) is -0.473. The van der Waals surface area contributed by atoms with E-state index in [2.05, 4.69) is 27.3 Å². The van der Waals surface area contributed by atoms with E-state index in [0.717, 1.165) is 18.8 Å². The molecule has 3 heterocycles. The molecule has 2 aromatic heterocycles. The van der Waals surface area contributed by atoms with E-state index in [1.165, 1.54) is 37.2 Å². The van der Waals surface area contributed by atoms with Crippen molar-refractivity contribution in [2.45, 2.75) is 25.7 Å². The van der Waals surface area contributed by atoms with Gasteiger partial charge in [0.2, 0.25) is 5.91 Å². The number of piperidine rings is 1. The van der Waals surface area contributed by atoms with Crippen LogP contribution in [0.1, 0.15) is 25.0 Å². The number of hydrogen-bond donors (Lipinski definition) is 1. The first-order valence-electron chi connectivity index (χ1n) is 8.95. The van der Waals surface area contributed by atoms with E-state index in [4.69, 9.17) is 0 Å². The van der Waals surface area contributed by atoms with E-state index >= 15 is 0 Å². The van der Waals surface area contributed by atoms with E-state index in [1.807, 2.05) is 12.1 Å². The zero-order chi connectivity index (χ0) is 17.9. The minimum absolute atomic E-state index is 0.139. The maximum atomic E-state index is 13.2.